The molecule has 1 aromatic heterocycles. The summed E-state index contributed by atoms with van der Waals surface area (Å²) < 4.78 is 10.1. The molecule has 33 heavy (non-hydrogen) atoms. The van der Waals surface area contributed by atoms with Crippen LogP contribution in [0.2, 0.25) is 0 Å². The van der Waals surface area contributed by atoms with Crippen molar-refractivity contribution >= 4 is 34.8 Å². The number of thiophene rings is 1. The number of para-hydroxylation sites is 1. The van der Waals surface area contributed by atoms with Gasteiger partial charge in [-0.2, -0.15) is 0 Å². The Hall–Kier alpha value is -3.49. The third kappa shape index (κ3) is 4.40. The number of nitrogens with zero attached hydrogens (tertiary/aromatic N) is 1. The van der Waals surface area contributed by atoms with E-state index in [1.165, 1.54) is 18.4 Å². The van der Waals surface area contributed by atoms with Crippen LogP contribution in [0.15, 0.2) is 66.0 Å². The Kier molecular flexibility index (Phi) is 6.86. The molecule has 0 fully saturated rings. The number of carbonyl (C=O) groups excluding carboxylic acids is 3. The number of carbonyl (C=O) groups is 3. The van der Waals surface area contributed by atoms with Gasteiger partial charge in [-0.1, -0.05) is 36.4 Å². The molecular formula is C25H24N2O5S. The van der Waals surface area contributed by atoms with Crippen LogP contribution in [0.25, 0.3) is 0 Å². The van der Waals surface area contributed by atoms with E-state index < -0.39 is 17.9 Å². The standard InChI is InChI=1S/C25H24N2O5S/c1-31-14-13-27-22(20-12-7-15-33-20)21(16-8-3-4-9-17(16)24(27)29)23(28)26-19-11-6-5-10-18(19)25(30)32-2/h3-12,15,21-22H,13-14H2,1-2H3,(H,26,28)/t21-,22-/m0/s1. The second-order valence-electron chi connectivity index (χ2n) is 7.54. The van der Waals surface area contributed by atoms with Crippen molar-refractivity contribution in [2.45, 2.75) is 12.0 Å². The first-order valence-electron chi connectivity index (χ1n) is 10.5. The molecule has 8 heteroatoms. The lowest BCUT2D eigenvalue weighted by atomic mass is 9.81. The number of anilines is 1. The van der Waals surface area contributed by atoms with E-state index in [0.29, 0.717) is 30.0 Å². The lowest BCUT2D eigenvalue weighted by Crippen LogP contribution is -2.47. The fourth-order valence-electron chi connectivity index (χ4n) is 4.18. The number of amides is 2. The van der Waals surface area contributed by atoms with Crippen molar-refractivity contribution < 1.29 is 23.9 Å². The topological polar surface area (TPSA) is 84.9 Å². The predicted octanol–water partition coefficient (Wildman–Crippen LogP) is 4.10. The summed E-state index contributed by atoms with van der Waals surface area (Å²) in [6.07, 6.45) is 0. The molecule has 0 aliphatic carbocycles. The normalized spacial score (nSPS) is 17.4. The van der Waals surface area contributed by atoms with Crippen LogP contribution in [0.1, 0.15) is 43.1 Å². The number of methoxy groups -OCH3 is 2. The SMILES string of the molecule is COCCN1C(=O)c2ccccc2[C@H](C(=O)Nc2ccccc2C(=O)OC)[C@@H]1c1cccs1. The predicted molar refractivity (Wildman–Crippen MR) is 126 cm³/mol. The van der Waals surface area contributed by atoms with Crippen molar-refractivity contribution in [3.63, 3.8) is 0 Å². The quantitative estimate of drug-likeness (QED) is 0.532. The molecule has 1 N–H and O–H groups in total. The Morgan fingerprint density at radius 3 is 2.52 bits per heavy atom. The molecule has 7 nitrogen and oxygen atoms in total. The number of nitrogens with one attached hydrogen (secondary N) is 1. The van der Waals surface area contributed by atoms with Gasteiger partial charge in [-0.25, -0.2) is 4.79 Å². The zero-order valence-corrected chi connectivity index (χ0v) is 19.1. The number of fused-ring (bicyclic) bond motifs is 1. The third-order valence-electron chi connectivity index (χ3n) is 5.68. The van der Waals surface area contributed by atoms with Crippen molar-refractivity contribution in [2.75, 3.05) is 32.7 Å². The molecule has 0 radical (unpaired) electrons. The minimum Gasteiger partial charge on any atom is -0.465 e. The lowest BCUT2D eigenvalue weighted by molar-refractivity contribution is -0.119. The second kappa shape index (κ2) is 9.97. The Morgan fingerprint density at radius 1 is 1.03 bits per heavy atom. The van der Waals surface area contributed by atoms with Crippen LogP contribution in [-0.4, -0.2) is 50.1 Å². The number of hydrogen-bond acceptors (Lipinski definition) is 6. The summed E-state index contributed by atoms with van der Waals surface area (Å²) in [7, 11) is 2.88. The molecule has 0 bridgehead atoms. The minimum atomic E-state index is -0.680. The fraction of sp³-hybridized carbons (Fsp3) is 0.240. The van der Waals surface area contributed by atoms with Crippen molar-refractivity contribution in [3.05, 3.63) is 87.6 Å². The summed E-state index contributed by atoms with van der Waals surface area (Å²) in [5, 5.41) is 4.84. The smallest absolute Gasteiger partial charge is 0.339 e. The highest BCUT2D eigenvalue weighted by Gasteiger charge is 2.44. The molecule has 0 saturated heterocycles. The van der Waals surface area contributed by atoms with Gasteiger partial charge in [-0.3, -0.25) is 9.59 Å². The van der Waals surface area contributed by atoms with Gasteiger partial charge < -0.3 is 19.7 Å². The van der Waals surface area contributed by atoms with Crippen LogP contribution in [0, 0.1) is 0 Å². The summed E-state index contributed by atoms with van der Waals surface area (Å²) in [5.74, 6) is -1.67. The monoisotopic (exact) mass is 464 g/mol. The third-order valence-corrected chi connectivity index (χ3v) is 6.63. The van der Waals surface area contributed by atoms with Gasteiger partial charge in [0.25, 0.3) is 5.91 Å². The average molecular weight is 465 g/mol. The zero-order valence-electron chi connectivity index (χ0n) is 18.3. The van der Waals surface area contributed by atoms with Crippen LogP contribution >= 0.6 is 11.3 Å². The van der Waals surface area contributed by atoms with Crippen molar-refractivity contribution in [3.8, 4) is 0 Å². The second-order valence-corrected chi connectivity index (χ2v) is 8.52. The van der Waals surface area contributed by atoms with E-state index >= 15 is 0 Å². The molecule has 2 amide bonds. The van der Waals surface area contributed by atoms with Crippen molar-refractivity contribution in [1.82, 2.24) is 4.90 Å². The van der Waals surface area contributed by atoms with E-state index in [0.717, 1.165) is 4.88 Å². The Morgan fingerprint density at radius 2 is 1.79 bits per heavy atom. The maximum Gasteiger partial charge on any atom is 0.339 e. The molecule has 2 heterocycles. The molecule has 3 aromatic rings. The van der Waals surface area contributed by atoms with Gasteiger partial charge in [0.15, 0.2) is 0 Å². The van der Waals surface area contributed by atoms with Gasteiger partial charge in [0, 0.05) is 24.1 Å². The highest BCUT2D eigenvalue weighted by molar-refractivity contribution is 7.10. The van der Waals surface area contributed by atoms with Gasteiger partial charge in [0.1, 0.15) is 0 Å². The first-order valence-corrected chi connectivity index (χ1v) is 11.3. The summed E-state index contributed by atoms with van der Waals surface area (Å²) in [6, 6.07) is 17.2. The number of ether oxygens (including phenoxy) is 2. The first kappa shape index (κ1) is 22.7. The van der Waals surface area contributed by atoms with E-state index in [4.69, 9.17) is 9.47 Å². The van der Waals surface area contributed by atoms with Gasteiger partial charge in [0.05, 0.1) is 36.9 Å². The number of hydrogen-bond donors (Lipinski definition) is 1. The van der Waals surface area contributed by atoms with Gasteiger partial charge in [0.2, 0.25) is 5.91 Å². The molecular weight excluding hydrogens is 440 g/mol. The van der Waals surface area contributed by atoms with E-state index in [1.54, 1.807) is 48.4 Å². The van der Waals surface area contributed by atoms with Crippen LogP contribution in [0.4, 0.5) is 5.69 Å². The Balaban J connectivity index is 1.80. The molecule has 4 rings (SSSR count). The molecule has 2 atom stereocenters. The van der Waals surface area contributed by atoms with Crippen molar-refractivity contribution in [1.29, 1.82) is 0 Å². The van der Waals surface area contributed by atoms with E-state index in [1.807, 2.05) is 29.6 Å². The number of rotatable bonds is 7. The summed E-state index contributed by atoms with van der Waals surface area (Å²) in [4.78, 5) is 42.0. The summed E-state index contributed by atoms with van der Waals surface area (Å²) in [5.41, 5.74) is 1.76. The summed E-state index contributed by atoms with van der Waals surface area (Å²) in [6.45, 7) is 0.685. The van der Waals surface area contributed by atoms with Crippen molar-refractivity contribution in [2.24, 2.45) is 0 Å². The minimum absolute atomic E-state index is 0.139. The number of benzene rings is 2. The highest BCUT2D eigenvalue weighted by Crippen LogP contribution is 2.44. The van der Waals surface area contributed by atoms with E-state index in [9.17, 15) is 14.4 Å². The van der Waals surface area contributed by atoms with Crippen LogP contribution in [0.3, 0.4) is 0 Å². The molecule has 0 spiro atoms. The van der Waals surface area contributed by atoms with E-state index in [-0.39, 0.29) is 17.4 Å². The van der Waals surface area contributed by atoms with Gasteiger partial charge in [-0.05, 0) is 35.2 Å². The van der Waals surface area contributed by atoms with Gasteiger partial charge >= 0.3 is 5.97 Å². The first-order chi connectivity index (χ1) is 16.1. The lowest BCUT2D eigenvalue weighted by Gasteiger charge is -2.41. The van der Waals surface area contributed by atoms with Gasteiger partial charge in [-0.15, -0.1) is 11.3 Å². The van der Waals surface area contributed by atoms with Crippen LogP contribution in [0.5, 0.6) is 0 Å². The summed E-state index contributed by atoms with van der Waals surface area (Å²) >= 11 is 1.49. The molecule has 0 saturated carbocycles. The molecule has 2 aromatic carbocycles. The average Bonchev–Trinajstić information content (AvgIpc) is 3.37. The number of esters is 1. The van der Waals surface area contributed by atoms with Crippen LogP contribution in [-0.2, 0) is 14.3 Å². The Labute approximate surface area is 195 Å². The molecule has 0 unspecified atom stereocenters. The maximum atomic E-state index is 13.8. The van der Waals surface area contributed by atoms with Crippen LogP contribution < -0.4 is 5.32 Å². The Bertz CT molecular complexity index is 1160. The van der Waals surface area contributed by atoms with E-state index in [2.05, 4.69) is 5.32 Å². The molecule has 170 valence electrons. The molecule has 1 aliphatic heterocycles. The zero-order chi connectivity index (χ0) is 23.4. The molecule has 1 aliphatic rings. The maximum absolute atomic E-state index is 13.8. The highest BCUT2D eigenvalue weighted by atomic mass is 32.1. The fourth-order valence-corrected chi connectivity index (χ4v) is 5.05. The largest absolute Gasteiger partial charge is 0.465 e.